The lowest BCUT2D eigenvalue weighted by Crippen LogP contribution is -2.33. The van der Waals surface area contributed by atoms with E-state index in [1.807, 2.05) is 25.1 Å². The Morgan fingerprint density at radius 1 is 1.21 bits per heavy atom. The zero-order valence-electron chi connectivity index (χ0n) is 15.9. The number of para-hydroxylation sites is 1. The van der Waals surface area contributed by atoms with E-state index in [1.54, 1.807) is 0 Å². The molecular weight excluding hydrogens is 359 g/mol. The maximum absolute atomic E-state index is 13.7. The van der Waals surface area contributed by atoms with Crippen LogP contribution in [0.4, 0.5) is 9.18 Å². The van der Waals surface area contributed by atoms with Gasteiger partial charge in [0.05, 0.1) is 12.7 Å². The number of carbonyl (C=O) groups is 1. The summed E-state index contributed by atoms with van der Waals surface area (Å²) in [6.45, 7) is 2.97. The van der Waals surface area contributed by atoms with Gasteiger partial charge in [-0.25, -0.2) is 14.2 Å². The van der Waals surface area contributed by atoms with Gasteiger partial charge >= 0.3 is 6.03 Å². The Balaban J connectivity index is 1.69. The first-order chi connectivity index (χ1) is 13.5. The molecule has 0 fully saturated rings. The third-order valence-corrected chi connectivity index (χ3v) is 4.91. The first kappa shape index (κ1) is 19.8. The van der Waals surface area contributed by atoms with Crippen molar-refractivity contribution in [1.29, 1.82) is 0 Å². The Kier molecular flexibility index (Phi) is 6.26. The van der Waals surface area contributed by atoms with Gasteiger partial charge in [-0.3, -0.25) is 10.2 Å². The van der Waals surface area contributed by atoms with Gasteiger partial charge in [-0.2, -0.15) is 0 Å². The fourth-order valence-electron chi connectivity index (χ4n) is 3.43. The second kappa shape index (κ2) is 8.84. The maximum atomic E-state index is 13.7. The molecule has 0 aliphatic heterocycles. The lowest BCUT2D eigenvalue weighted by Gasteiger charge is -2.11. The lowest BCUT2D eigenvalue weighted by atomic mass is 10.0. The van der Waals surface area contributed by atoms with Crippen molar-refractivity contribution in [3.63, 3.8) is 0 Å². The minimum absolute atomic E-state index is 0.248. The van der Waals surface area contributed by atoms with Crippen LogP contribution in [0.1, 0.15) is 31.4 Å². The summed E-state index contributed by atoms with van der Waals surface area (Å²) in [5.74, 6) is -0.341. The number of unbranched alkanes of at least 4 members (excludes halogenated alkanes) is 3. The number of fused-ring (bicyclic) bond motifs is 1. The summed E-state index contributed by atoms with van der Waals surface area (Å²) >= 11 is 0. The van der Waals surface area contributed by atoms with Crippen LogP contribution < -0.4 is 5.73 Å². The molecule has 2 aromatic heterocycles. The fourth-order valence-corrected chi connectivity index (χ4v) is 3.43. The second-order valence-electron chi connectivity index (χ2n) is 6.92. The Morgan fingerprint density at radius 2 is 1.96 bits per heavy atom. The molecule has 0 saturated heterocycles. The minimum atomic E-state index is -0.825. The highest BCUT2D eigenvalue weighted by molar-refractivity contribution is 5.96. The van der Waals surface area contributed by atoms with Crippen LogP contribution in [0.3, 0.4) is 0 Å². The van der Waals surface area contributed by atoms with E-state index in [1.165, 1.54) is 12.3 Å². The maximum Gasteiger partial charge on any atom is 0.338 e. The topological polar surface area (TPSA) is 84.4 Å². The molecule has 2 amide bonds. The SMILES string of the molecule is Cc1ncc(F)cc1-c1cn(CCCCCCN(O)C(N)=O)c2ccccc12. The number of aromatic nitrogens is 2. The number of benzene rings is 1. The van der Waals surface area contributed by atoms with Gasteiger partial charge in [-0.1, -0.05) is 31.0 Å². The number of pyridine rings is 1. The van der Waals surface area contributed by atoms with E-state index >= 15 is 0 Å². The lowest BCUT2D eigenvalue weighted by molar-refractivity contribution is -0.0403. The van der Waals surface area contributed by atoms with Crippen LogP contribution in [0.25, 0.3) is 22.0 Å². The van der Waals surface area contributed by atoms with Gasteiger partial charge in [0.1, 0.15) is 5.82 Å². The molecule has 3 N–H and O–H groups in total. The molecule has 0 aliphatic carbocycles. The number of aryl methyl sites for hydroxylation is 2. The molecule has 3 aromatic rings. The molecule has 7 heteroatoms. The predicted molar refractivity (Wildman–Crippen MR) is 106 cm³/mol. The summed E-state index contributed by atoms with van der Waals surface area (Å²) in [6, 6.07) is 8.81. The van der Waals surface area contributed by atoms with Crippen molar-refractivity contribution in [3.05, 3.63) is 54.2 Å². The minimum Gasteiger partial charge on any atom is -0.350 e. The summed E-state index contributed by atoms with van der Waals surface area (Å²) in [5, 5.41) is 10.9. The molecule has 0 aliphatic rings. The molecule has 0 atom stereocenters. The van der Waals surface area contributed by atoms with Crippen LogP contribution in [0.15, 0.2) is 42.7 Å². The van der Waals surface area contributed by atoms with Crippen molar-refractivity contribution in [2.24, 2.45) is 5.73 Å². The first-order valence-electron chi connectivity index (χ1n) is 9.43. The summed E-state index contributed by atoms with van der Waals surface area (Å²) < 4.78 is 15.9. The van der Waals surface area contributed by atoms with E-state index in [4.69, 9.17) is 5.73 Å². The van der Waals surface area contributed by atoms with Gasteiger partial charge in [0.2, 0.25) is 0 Å². The van der Waals surface area contributed by atoms with E-state index in [9.17, 15) is 14.4 Å². The van der Waals surface area contributed by atoms with Crippen LogP contribution in [-0.2, 0) is 6.54 Å². The summed E-state index contributed by atoms with van der Waals surface area (Å²) in [6.07, 6.45) is 6.82. The molecule has 0 bridgehead atoms. The smallest absolute Gasteiger partial charge is 0.338 e. The van der Waals surface area contributed by atoms with Gasteiger partial charge in [-0.05, 0) is 31.9 Å². The number of amides is 2. The number of rotatable bonds is 8. The van der Waals surface area contributed by atoms with Crippen LogP contribution in [0.5, 0.6) is 0 Å². The van der Waals surface area contributed by atoms with Crippen LogP contribution in [0, 0.1) is 12.7 Å². The molecule has 0 radical (unpaired) electrons. The molecule has 28 heavy (non-hydrogen) atoms. The van der Waals surface area contributed by atoms with Gasteiger partial charge in [0.15, 0.2) is 0 Å². The molecule has 148 valence electrons. The Morgan fingerprint density at radius 3 is 2.75 bits per heavy atom. The number of carbonyl (C=O) groups excluding carboxylic acids is 1. The Labute approximate surface area is 163 Å². The molecule has 3 rings (SSSR count). The zero-order valence-corrected chi connectivity index (χ0v) is 15.9. The molecular formula is C21H25FN4O2. The highest BCUT2D eigenvalue weighted by Gasteiger charge is 2.13. The van der Waals surface area contributed by atoms with Gasteiger partial charge in [-0.15, -0.1) is 0 Å². The molecule has 0 spiro atoms. The Bertz CT molecular complexity index is 970. The average Bonchev–Trinajstić information content (AvgIpc) is 3.05. The highest BCUT2D eigenvalue weighted by atomic mass is 19.1. The number of hydrogen-bond acceptors (Lipinski definition) is 3. The monoisotopic (exact) mass is 384 g/mol. The van der Waals surface area contributed by atoms with Gasteiger partial charge < -0.3 is 10.3 Å². The van der Waals surface area contributed by atoms with Crippen molar-refractivity contribution in [3.8, 4) is 11.1 Å². The summed E-state index contributed by atoms with van der Waals surface area (Å²) in [4.78, 5) is 14.9. The number of halogens is 1. The van der Waals surface area contributed by atoms with Crippen LogP contribution >= 0.6 is 0 Å². The molecule has 1 aromatic carbocycles. The number of primary amides is 1. The van der Waals surface area contributed by atoms with Crippen LogP contribution in [0.2, 0.25) is 0 Å². The van der Waals surface area contributed by atoms with Gasteiger partial charge in [0, 0.05) is 40.5 Å². The van der Waals surface area contributed by atoms with Crippen molar-refractivity contribution in [1.82, 2.24) is 14.6 Å². The molecule has 0 saturated carbocycles. The molecule has 2 heterocycles. The third-order valence-electron chi connectivity index (χ3n) is 4.91. The van der Waals surface area contributed by atoms with E-state index in [0.29, 0.717) is 11.5 Å². The normalized spacial score (nSPS) is 11.1. The zero-order chi connectivity index (χ0) is 20.1. The Hall–Kier alpha value is -2.93. The van der Waals surface area contributed by atoms with Crippen LogP contribution in [-0.4, -0.2) is 32.4 Å². The summed E-state index contributed by atoms with van der Waals surface area (Å²) in [7, 11) is 0. The van der Waals surface area contributed by atoms with Crippen molar-refractivity contribution in [2.75, 3.05) is 6.54 Å². The first-order valence-corrected chi connectivity index (χ1v) is 9.43. The van der Waals surface area contributed by atoms with E-state index in [0.717, 1.165) is 53.5 Å². The van der Waals surface area contributed by atoms with Crippen molar-refractivity contribution >= 4 is 16.9 Å². The van der Waals surface area contributed by atoms with E-state index in [2.05, 4.69) is 21.8 Å². The standard InChI is InChI=1S/C21H25FN4O2/c1-15-18(12-16(22)13-24-15)19-14-25(20-9-5-4-8-17(19)20)10-6-2-3-7-11-26(28)21(23)27/h4-5,8-9,12-14,28H,2-3,6-7,10-11H2,1H3,(H2,23,27). The number of nitrogens with zero attached hydrogens (tertiary/aromatic N) is 3. The van der Waals surface area contributed by atoms with Crippen molar-refractivity contribution in [2.45, 2.75) is 39.2 Å². The highest BCUT2D eigenvalue weighted by Crippen LogP contribution is 2.32. The van der Waals surface area contributed by atoms with Gasteiger partial charge in [0.25, 0.3) is 0 Å². The number of urea groups is 1. The fraction of sp³-hybridized carbons (Fsp3) is 0.333. The number of nitrogens with two attached hydrogens (primary N) is 1. The largest absolute Gasteiger partial charge is 0.350 e. The number of hydroxylamine groups is 2. The molecule has 6 nitrogen and oxygen atoms in total. The summed E-state index contributed by atoms with van der Waals surface area (Å²) in [5.41, 5.74) is 8.68. The average molecular weight is 384 g/mol. The van der Waals surface area contributed by atoms with E-state index < -0.39 is 6.03 Å². The quantitative estimate of drug-likeness (QED) is 0.341. The second-order valence-corrected chi connectivity index (χ2v) is 6.92. The third kappa shape index (κ3) is 4.48. The van der Waals surface area contributed by atoms with E-state index in [-0.39, 0.29) is 12.4 Å². The number of hydrogen-bond donors (Lipinski definition) is 2. The van der Waals surface area contributed by atoms with Crippen molar-refractivity contribution < 1.29 is 14.4 Å². The molecule has 0 unspecified atom stereocenters. The predicted octanol–water partition coefficient (Wildman–Crippen LogP) is 4.48.